The van der Waals surface area contributed by atoms with E-state index in [0.29, 0.717) is 23.2 Å². The molecule has 5 rings (SSSR count). The maximum absolute atomic E-state index is 12.8. The van der Waals surface area contributed by atoms with Crippen LogP contribution in [0.1, 0.15) is 40.5 Å². The average molecular weight is 425 g/mol. The molecule has 0 N–H and O–H groups in total. The molecule has 9 heteroatoms. The second kappa shape index (κ2) is 7.27. The van der Waals surface area contributed by atoms with Gasteiger partial charge in [-0.15, -0.1) is 5.10 Å². The summed E-state index contributed by atoms with van der Waals surface area (Å²) < 4.78 is 1.49. The highest BCUT2D eigenvalue weighted by atomic mass is 35.5. The van der Waals surface area contributed by atoms with Crippen molar-refractivity contribution in [1.29, 1.82) is 0 Å². The van der Waals surface area contributed by atoms with Crippen LogP contribution in [0, 0.1) is 6.92 Å². The number of carbonyl (C=O) groups is 1. The molecule has 4 aromatic rings. The predicted molar refractivity (Wildman–Crippen MR) is 111 cm³/mol. The molecule has 1 saturated carbocycles. The number of thiazole rings is 1. The Morgan fingerprint density at radius 1 is 1.28 bits per heavy atom. The molecule has 4 aromatic heterocycles. The van der Waals surface area contributed by atoms with E-state index >= 15 is 0 Å². The molecule has 0 amide bonds. The fourth-order valence-corrected chi connectivity index (χ4v) is 4.62. The Bertz CT molecular complexity index is 1220. The lowest BCUT2D eigenvalue weighted by atomic mass is 9.98. The van der Waals surface area contributed by atoms with E-state index in [4.69, 9.17) is 11.6 Å². The normalized spacial score (nSPS) is 13.9. The van der Waals surface area contributed by atoms with E-state index in [1.54, 1.807) is 36.0 Å². The van der Waals surface area contributed by atoms with Gasteiger partial charge in [0.1, 0.15) is 16.1 Å². The van der Waals surface area contributed by atoms with Crippen molar-refractivity contribution in [2.45, 2.75) is 38.5 Å². The van der Waals surface area contributed by atoms with E-state index in [0.717, 1.165) is 39.3 Å². The first-order valence-electron chi connectivity index (χ1n) is 9.36. The summed E-state index contributed by atoms with van der Waals surface area (Å²) in [5.74, 6) is 1.10. The number of hydrogen-bond acceptors (Lipinski definition) is 7. The standard InChI is InChI=1S/C20H17ClN6OS/c1-11-25-18-17(13-2-3-13)14(10-23-20(18)29-11)8-15(28)6-12-7-16(21)19(22-9-12)27-5-4-24-26-27/h4-5,7,9-10,13H,2-3,6,8H2,1H3. The van der Waals surface area contributed by atoms with Crippen LogP contribution in [-0.4, -0.2) is 35.7 Å². The van der Waals surface area contributed by atoms with Gasteiger partial charge in [-0.2, -0.15) is 0 Å². The lowest BCUT2D eigenvalue weighted by Gasteiger charge is -2.09. The lowest BCUT2D eigenvalue weighted by molar-refractivity contribution is -0.117. The molecule has 0 atom stereocenters. The minimum Gasteiger partial charge on any atom is -0.299 e. The van der Waals surface area contributed by atoms with E-state index in [1.807, 2.05) is 13.1 Å². The number of aryl methyl sites for hydroxylation is 1. The number of aromatic nitrogens is 6. The highest BCUT2D eigenvalue weighted by Crippen LogP contribution is 2.45. The van der Waals surface area contributed by atoms with E-state index < -0.39 is 0 Å². The molecule has 146 valence electrons. The van der Waals surface area contributed by atoms with Crippen LogP contribution in [0.3, 0.4) is 0 Å². The number of rotatable bonds is 6. The number of halogens is 1. The Morgan fingerprint density at radius 3 is 2.86 bits per heavy atom. The van der Waals surface area contributed by atoms with Gasteiger partial charge in [0.2, 0.25) is 0 Å². The van der Waals surface area contributed by atoms with Gasteiger partial charge in [-0.25, -0.2) is 19.6 Å². The number of fused-ring (bicyclic) bond motifs is 1. The summed E-state index contributed by atoms with van der Waals surface area (Å²) >= 11 is 7.93. The van der Waals surface area contributed by atoms with Crippen LogP contribution in [0.5, 0.6) is 0 Å². The first-order valence-corrected chi connectivity index (χ1v) is 10.6. The van der Waals surface area contributed by atoms with Crippen LogP contribution < -0.4 is 0 Å². The number of pyridine rings is 2. The summed E-state index contributed by atoms with van der Waals surface area (Å²) in [6.07, 6.45) is 9.65. The van der Waals surface area contributed by atoms with Crippen molar-refractivity contribution < 1.29 is 4.79 Å². The van der Waals surface area contributed by atoms with Crippen molar-refractivity contribution in [1.82, 2.24) is 29.9 Å². The third-order valence-electron chi connectivity index (χ3n) is 4.95. The highest BCUT2D eigenvalue weighted by molar-refractivity contribution is 7.18. The van der Waals surface area contributed by atoms with E-state index in [2.05, 4.69) is 25.3 Å². The molecule has 1 fully saturated rings. The third kappa shape index (κ3) is 3.65. The molecular formula is C20H17ClN6OS. The van der Waals surface area contributed by atoms with Gasteiger partial charge in [-0.05, 0) is 48.4 Å². The van der Waals surface area contributed by atoms with E-state index in [9.17, 15) is 4.79 Å². The van der Waals surface area contributed by atoms with Crippen LogP contribution >= 0.6 is 22.9 Å². The zero-order chi connectivity index (χ0) is 20.0. The zero-order valence-electron chi connectivity index (χ0n) is 15.7. The molecule has 0 aliphatic heterocycles. The maximum atomic E-state index is 12.8. The lowest BCUT2D eigenvalue weighted by Crippen LogP contribution is -2.10. The van der Waals surface area contributed by atoms with Crippen LogP contribution in [0.4, 0.5) is 0 Å². The summed E-state index contributed by atoms with van der Waals surface area (Å²) in [4.78, 5) is 27.3. The number of nitrogens with zero attached hydrogens (tertiary/aromatic N) is 6. The summed E-state index contributed by atoms with van der Waals surface area (Å²) in [7, 11) is 0. The molecule has 0 unspecified atom stereocenters. The first kappa shape index (κ1) is 18.3. The van der Waals surface area contributed by atoms with Gasteiger partial charge >= 0.3 is 0 Å². The fourth-order valence-electron chi connectivity index (χ4n) is 3.57. The molecular weight excluding hydrogens is 408 g/mol. The SMILES string of the molecule is Cc1nc2c(C3CC3)c(CC(=O)Cc3cnc(-n4ccnn4)c(Cl)c3)cnc2s1. The molecule has 0 aromatic carbocycles. The van der Waals surface area contributed by atoms with Gasteiger partial charge in [0.25, 0.3) is 0 Å². The van der Waals surface area contributed by atoms with Crippen molar-refractivity contribution in [3.63, 3.8) is 0 Å². The minimum absolute atomic E-state index is 0.103. The molecule has 0 saturated heterocycles. The average Bonchev–Trinajstić information content (AvgIpc) is 3.21. The fraction of sp³-hybridized carbons (Fsp3) is 0.300. The Kier molecular flexibility index (Phi) is 4.60. The van der Waals surface area contributed by atoms with Gasteiger partial charge in [-0.1, -0.05) is 28.2 Å². The number of carbonyl (C=O) groups excluding carboxylic acids is 1. The summed E-state index contributed by atoms with van der Waals surface area (Å²) in [5, 5.41) is 9.09. The second-order valence-corrected chi connectivity index (χ2v) is 8.84. The molecule has 1 aliphatic carbocycles. The van der Waals surface area contributed by atoms with Crippen LogP contribution in [-0.2, 0) is 17.6 Å². The molecule has 4 heterocycles. The minimum atomic E-state index is 0.103. The monoisotopic (exact) mass is 424 g/mol. The largest absolute Gasteiger partial charge is 0.299 e. The van der Waals surface area contributed by atoms with Gasteiger partial charge in [0, 0.05) is 25.2 Å². The van der Waals surface area contributed by atoms with Crippen molar-refractivity contribution in [3.8, 4) is 5.82 Å². The van der Waals surface area contributed by atoms with Crippen molar-refractivity contribution in [3.05, 3.63) is 57.6 Å². The number of Topliss-reactive ketones (excluding diaryl/α,β-unsaturated/α-hetero) is 1. The van der Waals surface area contributed by atoms with Crippen LogP contribution in [0.25, 0.3) is 16.2 Å². The van der Waals surface area contributed by atoms with E-state index in [1.165, 1.54) is 10.2 Å². The smallest absolute Gasteiger partial charge is 0.173 e. The molecule has 0 radical (unpaired) electrons. The molecule has 7 nitrogen and oxygen atoms in total. The van der Waals surface area contributed by atoms with Crippen molar-refractivity contribution in [2.75, 3.05) is 0 Å². The summed E-state index contributed by atoms with van der Waals surface area (Å²) in [6, 6.07) is 1.76. The quantitative estimate of drug-likeness (QED) is 0.467. The highest BCUT2D eigenvalue weighted by Gasteiger charge is 2.30. The molecule has 29 heavy (non-hydrogen) atoms. The molecule has 1 aliphatic rings. The van der Waals surface area contributed by atoms with Gasteiger partial charge in [0.15, 0.2) is 5.82 Å². The predicted octanol–water partition coefficient (Wildman–Crippen LogP) is 3.86. The molecule has 0 spiro atoms. The third-order valence-corrected chi connectivity index (χ3v) is 6.10. The van der Waals surface area contributed by atoms with Gasteiger partial charge in [0.05, 0.1) is 22.4 Å². The summed E-state index contributed by atoms with van der Waals surface area (Å²) in [5.41, 5.74) is 3.96. The number of hydrogen-bond donors (Lipinski definition) is 0. The van der Waals surface area contributed by atoms with Gasteiger partial charge in [-0.3, -0.25) is 4.79 Å². The first-order chi connectivity index (χ1) is 14.1. The van der Waals surface area contributed by atoms with E-state index in [-0.39, 0.29) is 12.2 Å². The zero-order valence-corrected chi connectivity index (χ0v) is 17.2. The number of ketones is 1. The Balaban J connectivity index is 1.37. The van der Waals surface area contributed by atoms with Crippen molar-refractivity contribution in [2.24, 2.45) is 0 Å². The van der Waals surface area contributed by atoms with Crippen molar-refractivity contribution >= 4 is 39.1 Å². The van der Waals surface area contributed by atoms with Crippen LogP contribution in [0.15, 0.2) is 30.9 Å². The molecule has 0 bridgehead atoms. The van der Waals surface area contributed by atoms with Crippen LogP contribution in [0.2, 0.25) is 5.02 Å². The maximum Gasteiger partial charge on any atom is 0.173 e. The Morgan fingerprint density at radius 2 is 2.14 bits per heavy atom. The Labute approximate surface area is 175 Å². The van der Waals surface area contributed by atoms with Gasteiger partial charge < -0.3 is 0 Å². The topological polar surface area (TPSA) is 86.5 Å². The summed E-state index contributed by atoms with van der Waals surface area (Å²) in [6.45, 7) is 1.99. The Hall–Kier alpha value is -2.71. The second-order valence-electron chi connectivity index (χ2n) is 7.25.